The van der Waals surface area contributed by atoms with Crippen molar-refractivity contribution in [3.05, 3.63) is 58.3 Å². The standard InChI is InChI=1S/C23H25ClN4O4S/c1-31-23(30)21(16-6-2-3-7-17(16)24)28-13-11-27(12-14-28)20(29)10-4-9-19-25-22(26-32-19)18-8-5-15-33-18/h2-3,5-8,15,21H,4,9-14H2,1H3. The predicted molar refractivity (Wildman–Crippen MR) is 125 cm³/mol. The fourth-order valence-electron chi connectivity index (χ4n) is 3.92. The number of amides is 1. The number of benzene rings is 1. The van der Waals surface area contributed by atoms with Gasteiger partial charge in [0.25, 0.3) is 0 Å². The third-order valence-corrected chi connectivity index (χ3v) is 6.86. The molecule has 0 aliphatic carbocycles. The second kappa shape index (κ2) is 10.9. The Morgan fingerprint density at radius 2 is 1.97 bits per heavy atom. The molecule has 3 aromatic rings. The number of esters is 1. The SMILES string of the molecule is COC(=O)C(c1ccccc1Cl)N1CCN(C(=O)CCCc2nc(-c3cccs3)no2)CC1. The second-order valence-corrected chi connectivity index (χ2v) is 9.06. The summed E-state index contributed by atoms with van der Waals surface area (Å²) < 4.78 is 10.3. The van der Waals surface area contributed by atoms with E-state index in [1.807, 2.05) is 45.5 Å². The number of ether oxygens (including phenoxy) is 1. The van der Waals surface area contributed by atoms with Crippen molar-refractivity contribution < 1.29 is 18.8 Å². The van der Waals surface area contributed by atoms with Crippen molar-refractivity contribution in [1.29, 1.82) is 0 Å². The molecular weight excluding hydrogens is 464 g/mol. The molecule has 1 saturated heterocycles. The Labute approximate surface area is 201 Å². The maximum atomic E-state index is 12.7. The van der Waals surface area contributed by atoms with Gasteiger partial charge in [-0.2, -0.15) is 4.98 Å². The Hall–Kier alpha value is -2.75. The first-order chi connectivity index (χ1) is 16.1. The molecule has 1 aliphatic rings. The zero-order valence-electron chi connectivity index (χ0n) is 18.3. The van der Waals surface area contributed by atoms with E-state index in [1.54, 1.807) is 17.4 Å². The smallest absolute Gasteiger partial charge is 0.327 e. The molecular formula is C23H25ClN4O4S. The number of methoxy groups -OCH3 is 1. The molecule has 1 atom stereocenters. The largest absolute Gasteiger partial charge is 0.468 e. The highest BCUT2D eigenvalue weighted by molar-refractivity contribution is 7.13. The average molecular weight is 489 g/mol. The van der Waals surface area contributed by atoms with Crippen molar-refractivity contribution in [3.8, 4) is 10.7 Å². The van der Waals surface area contributed by atoms with E-state index in [2.05, 4.69) is 10.1 Å². The van der Waals surface area contributed by atoms with E-state index >= 15 is 0 Å². The van der Waals surface area contributed by atoms with E-state index in [4.69, 9.17) is 20.9 Å². The Balaban J connectivity index is 1.28. The molecule has 1 unspecified atom stereocenters. The van der Waals surface area contributed by atoms with Crippen LogP contribution in [0, 0.1) is 0 Å². The molecule has 10 heteroatoms. The minimum atomic E-state index is -0.587. The van der Waals surface area contributed by atoms with Gasteiger partial charge in [0.05, 0.1) is 12.0 Å². The monoisotopic (exact) mass is 488 g/mol. The average Bonchev–Trinajstić information content (AvgIpc) is 3.53. The Morgan fingerprint density at radius 3 is 2.67 bits per heavy atom. The van der Waals surface area contributed by atoms with E-state index in [0.717, 1.165) is 4.88 Å². The maximum Gasteiger partial charge on any atom is 0.327 e. The van der Waals surface area contributed by atoms with Gasteiger partial charge in [0, 0.05) is 44.0 Å². The predicted octanol–water partition coefficient (Wildman–Crippen LogP) is 3.83. The van der Waals surface area contributed by atoms with Crippen molar-refractivity contribution in [2.45, 2.75) is 25.3 Å². The van der Waals surface area contributed by atoms with Gasteiger partial charge < -0.3 is 14.2 Å². The topological polar surface area (TPSA) is 88.8 Å². The van der Waals surface area contributed by atoms with Gasteiger partial charge >= 0.3 is 5.97 Å². The third kappa shape index (κ3) is 5.61. The number of nitrogens with zero attached hydrogens (tertiary/aromatic N) is 4. The van der Waals surface area contributed by atoms with E-state index in [-0.39, 0.29) is 11.9 Å². The number of hydrogen-bond acceptors (Lipinski definition) is 8. The minimum absolute atomic E-state index is 0.0833. The van der Waals surface area contributed by atoms with Gasteiger partial charge in [-0.15, -0.1) is 11.3 Å². The fourth-order valence-corrected chi connectivity index (χ4v) is 4.81. The van der Waals surface area contributed by atoms with Crippen LogP contribution in [0.2, 0.25) is 5.02 Å². The molecule has 1 fully saturated rings. The van der Waals surface area contributed by atoms with Crippen LogP contribution in [0.3, 0.4) is 0 Å². The molecule has 8 nitrogen and oxygen atoms in total. The molecule has 0 bridgehead atoms. The first-order valence-corrected chi connectivity index (χ1v) is 12.0. The van der Waals surface area contributed by atoms with Crippen LogP contribution < -0.4 is 0 Å². The normalized spacial score (nSPS) is 15.4. The van der Waals surface area contributed by atoms with E-state index in [0.29, 0.717) is 67.7 Å². The Kier molecular flexibility index (Phi) is 7.74. The van der Waals surface area contributed by atoms with Crippen molar-refractivity contribution in [1.82, 2.24) is 19.9 Å². The molecule has 1 aromatic carbocycles. The number of rotatable bonds is 8. The Bertz CT molecular complexity index is 1080. The highest BCUT2D eigenvalue weighted by atomic mass is 35.5. The molecule has 4 rings (SSSR count). The van der Waals surface area contributed by atoms with Gasteiger partial charge in [0.1, 0.15) is 6.04 Å². The summed E-state index contributed by atoms with van der Waals surface area (Å²) in [6.07, 6.45) is 1.60. The van der Waals surface area contributed by atoms with E-state index in [9.17, 15) is 9.59 Å². The summed E-state index contributed by atoms with van der Waals surface area (Å²) >= 11 is 7.90. The lowest BCUT2D eigenvalue weighted by molar-refractivity contribution is -0.148. The summed E-state index contributed by atoms with van der Waals surface area (Å²) in [7, 11) is 1.37. The third-order valence-electron chi connectivity index (χ3n) is 5.65. The van der Waals surface area contributed by atoms with Crippen molar-refractivity contribution >= 4 is 34.8 Å². The number of carbonyl (C=O) groups is 2. The molecule has 0 N–H and O–H groups in total. The highest BCUT2D eigenvalue weighted by Crippen LogP contribution is 2.29. The van der Waals surface area contributed by atoms with E-state index < -0.39 is 6.04 Å². The lowest BCUT2D eigenvalue weighted by Crippen LogP contribution is -2.51. The lowest BCUT2D eigenvalue weighted by atomic mass is 10.0. The lowest BCUT2D eigenvalue weighted by Gasteiger charge is -2.38. The summed E-state index contributed by atoms with van der Waals surface area (Å²) in [4.78, 5) is 34.4. The van der Waals surface area contributed by atoms with Crippen molar-refractivity contribution in [3.63, 3.8) is 0 Å². The molecule has 3 heterocycles. The van der Waals surface area contributed by atoms with Crippen LogP contribution in [0.1, 0.15) is 30.3 Å². The van der Waals surface area contributed by atoms with Crippen molar-refractivity contribution in [2.24, 2.45) is 0 Å². The summed E-state index contributed by atoms with van der Waals surface area (Å²) in [5.41, 5.74) is 0.715. The number of aromatic nitrogens is 2. The van der Waals surface area contributed by atoms with Crippen LogP contribution in [0.4, 0.5) is 0 Å². The first-order valence-electron chi connectivity index (χ1n) is 10.8. The number of aryl methyl sites for hydroxylation is 1. The molecule has 2 aromatic heterocycles. The summed E-state index contributed by atoms with van der Waals surface area (Å²) in [5.74, 6) is 0.849. The fraction of sp³-hybridized carbons (Fsp3) is 0.391. The molecule has 0 saturated carbocycles. The van der Waals surface area contributed by atoms with Crippen LogP contribution in [0.15, 0.2) is 46.3 Å². The van der Waals surface area contributed by atoms with Crippen LogP contribution in [0.5, 0.6) is 0 Å². The van der Waals surface area contributed by atoms with Gasteiger partial charge in [0.15, 0.2) is 0 Å². The maximum absolute atomic E-state index is 12.7. The molecule has 0 radical (unpaired) electrons. The van der Waals surface area contributed by atoms with Gasteiger partial charge in [0.2, 0.25) is 17.6 Å². The quantitative estimate of drug-likeness (QED) is 0.445. The molecule has 1 amide bonds. The van der Waals surface area contributed by atoms with Gasteiger partial charge in [-0.05, 0) is 29.5 Å². The Morgan fingerprint density at radius 1 is 1.18 bits per heavy atom. The minimum Gasteiger partial charge on any atom is -0.468 e. The molecule has 33 heavy (non-hydrogen) atoms. The number of thiophene rings is 1. The van der Waals surface area contributed by atoms with Crippen LogP contribution >= 0.6 is 22.9 Å². The number of hydrogen-bond donors (Lipinski definition) is 0. The number of carbonyl (C=O) groups excluding carboxylic acids is 2. The van der Waals surface area contributed by atoms with Gasteiger partial charge in [-0.1, -0.05) is 41.0 Å². The summed E-state index contributed by atoms with van der Waals surface area (Å²) in [6.45, 7) is 2.20. The van der Waals surface area contributed by atoms with Crippen LogP contribution in [0.25, 0.3) is 10.7 Å². The van der Waals surface area contributed by atoms with Gasteiger partial charge in [-0.25, -0.2) is 4.79 Å². The highest BCUT2D eigenvalue weighted by Gasteiger charge is 2.33. The second-order valence-electron chi connectivity index (χ2n) is 7.71. The summed E-state index contributed by atoms with van der Waals surface area (Å²) in [6, 6.07) is 10.6. The molecule has 1 aliphatic heterocycles. The van der Waals surface area contributed by atoms with Crippen molar-refractivity contribution in [2.75, 3.05) is 33.3 Å². The van der Waals surface area contributed by atoms with Gasteiger partial charge in [-0.3, -0.25) is 9.69 Å². The van der Waals surface area contributed by atoms with Crippen LogP contribution in [-0.4, -0.2) is 65.1 Å². The zero-order chi connectivity index (χ0) is 23.2. The number of halogens is 1. The first kappa shape index (κ1) is 23.4. The summed E-state index contributed by atoms with van der Waals surface area (Å²) in [5, 5.41) is 6.49. The van der Waals surface area contributed by atoms with Crippen LogP contribution in [-0.2, 0) is 20.7 Å². The zero-order valence-corrected chi connectivity index (χ0v) is 19.8. The molecule has 174 valence electrons. The number of piperazine rings is 1. The van der Waals surface area contributed by atoms with E-state index in [1.165, 1.54) is 7.11 Å². The molecule has 0 spiro atoms.